The molecule has 5 nitrogen and oxygen atoms in total. The van der Waals surface area contributed by atoms with E-state index in [1.807, 2.05) is 30.3 Å². The maximum atomic E-state index is 13.0. The molecule has 2 aliphatic rings. The number of amides is 2. The van der Waals surface area contributed by atoms with Gasteiger partial charge in [-0.15, -0.1) is 0 Å². The molecule has 0 radical (unpaired) electrons. The van der Waals surface area contributed by atoms with Crippen LogP contribution in [0.4, 0.5) is 18.9 Å². The third-order valence-electron chi connectivity index (χ3n) is 5.98. The van der Waals surface area contributed by atoms with Crippen molar-refractivity contribution in [1.82, 2.24) is 4.90 Å². The average Bonchev–Trinajstić information content (AvgIpc) is 3.57. The molecule has 0 atom stereocenters. The molecule has 8 heteroatoms. The van der Waals surface area contributed by atoms with Crippen molar-refractivity contribution in [2.75, 3.05) is 11.9 Å². The van der Waals surface area contributed by atoms with Gasteiger partial charge in [0.15, 0.2) is 0 Å². The highest BCUT2D eigenvalue weighted by molar-refractivity contribution is 5.95. The molecule has 1 aliphatic carbocycles. The van der Waals surface area contributed by atoms with Gasteiger partial charge in [-0.2, -0.15) is 13.2 Å². The Hall–Kier alpha value is -3.55. The van der Waals surface area contributed by atoms with Crippen LogP contribution in [0.1, 0.15) is 40.1 Å². The molecule has 170 valence electrons. The van der Waals surface area contributed by atoms with Crippen LogP contribution in [0.2, 0.25) is 0 Å². The number of hydrogen-bond donors (Lipinski definition) is 1. The van der Waals surface area contributed by atoms with Gasteiger partial charge in [-0.25, -0.2) is 0 Å². The summed E-state index contributed by atoms with van der Waals surface area (Å²) >= 11 is 0. The van der Waals surface area contributed by atoms with Crippen molar-refractivity contribution in [2.45, 2.75) is 32.0 Å². The fourth-order valence-electron chi connectivity index (χ4n) is 3.97. The molecular formula is C25H21F3N2O3. The molecular weight excluding hydrogens is 433 g/mol. The summed E-state index contributed by atoms with van der Waals surface area (Å²) in [5, 5.41) is 2.89. The summed E-state index contributed by atoms with van der Waals surface area (Å²) in [5.74, 6) is 1.15. The first-order valence-electron chi connectivity index (χ1n) is 10.8. The number of alkyl halides is 3. The SMILES string of the molecule is O=C(Nc1ccc(-c2cc3c(o2)CCN(C(=O)c2cccc(C(F)(F)F)c2)C3)cc1)C1CC1. The molecule has 1 N–H and O–H groups in total. The smallest absolute Gasteiger partial charge is 0.416 e. The highest BCUT2D eigenvalue weighted by atomic mass is 19.4. The lowest BCUT2D eigenvalue weighted by atomic mass is 10.0. The van der Waals surface area contributed by atoms with E-state index >= 15 is 0 Å². The second-order valence-electron chi connectivity index (χ2n) is 8.46. The van der Waals surface area contributed by atoms with Gasteiger partial charge >= 0.3 is 6.18 Å². The van der Waals surface area contributed by atoms with E-state index in [1.165, 1.54) is 17.0 Å². The number of benzene rings is 2. The van der Waals surface area contributed by atoms with Crippen molar-refractivity contribution in [3.8, 4) is 11.3 Å². The Kier molecular flexibility index (Phi) is 5.23. The predicted molar refractivity (Wildman–Crippen MR) is 115 cm³/mol. The number of anilines is 1. The fraction of sp³-hybridized carbons (Fsp3) is 0.280. The van der Waals surface area contributed by atoms with Crippen LogP contribution >= 0.6 is 0 Å². The topological polar surface area (TPSA) is 62.6 Å². The number of halogens is 3. The first-order chi connectivity index (χ1) is 15.8. The Labute approximate surface area is 188 Å². The quantitative estimate of drug-likeness (QED) is 0.565. The largest absolute Gasteiger partial charge is 0.461 e. The van der Waals surface area contributed by atoms with Crippen molar-refractivity contribution in [3.63, 3.8) is 0 Å². The Bertz CT molecular complexity index is 1210. The maximum Gasteiger partial charge on any atom is 0.416 e. The van der Waals surface area contributed by atoms with Gasteiger partial charge in [-0.3, -0.25) is 9.59 Å². The van der Waals surface area contributed by atoms with Gasteiger partial charge in [-0.1, -0.05) is 6.07 Å². The van der Waals surface area contributed by atoms with Crippen LogP contribution in [-0.2, 0) is 23.9 Å². The van der Waals surface area contributed by atoms with Crippen molar-refractivity contribution in [3.05, 3.63) is 77.0 Å². The lowest BCUT2D eigenvalue weighted by Gasteiger charge is -2.26. The lowest BCUT2D eigenvalue weighted by Crippen LogP contribution is -2.35. The molecule has 2 heterocycles. The Balaban J connectivity index is 1.29. The Morgan fingerprint density at radius 3 is 2.48 bits per heavy atom. The van der Waals surface area contributed by atoms with E-state index in [0.29, 0.717) is 18.7 Å². The Morgan fingerprint density at radius 1 is 1.03 bits per heavy atom. The van der Waals surface area contributed by atoms with Crippen LogP contribution in [0.15, 0.2) is 59.0 Å². The summed E-state index contributed by atoms with van der Waals surface area (Å²) in [5.41, 5.74) is 1.58. The number of rotatable bonds is 4. The molecule has 1 aromatic heterocycles. The molecule has 33 heavy (non-hydrogen) atoms. The van der Waals surface area contributed by atoms with Crippen molar-refractivity contribution in [1.29, 1.82) is 0 Å². The number of carbonyl (C=O) groups excluding carboxylic acids is 2. The molecule has 0 spiro atoms. The number of hydrogen-bond acceptors (Lipinski definition) is 3. The standard InChI is InChI=1S/C25H21F3N2O3/c26-25(27,28)19-3-1-2-17(12-19)24(32)30-11-10-21-18(14-30)13-22(33-21)15-6-8-20(9-7-15)29-23(31)16-4-5-16/h1-3,6-9,12-13,16H,4-5,10-11,14H2,(H,29,31). The van der Waals surface area contributed by atoms with Gasteiger partial charge in [0.1, 0.15) is 11.5 Å². The Morgan fingerprint density at radius 2 is 1.79 bits per heavy atom. The van der Waals surface area contributed by atoms with Gasteiger partial charge in [0.25, 0.3) is 5.91 Å². The normalized spacial score (nSPS) is 15.8. The van der Waals surface area contributed by atoms with Crippen molar-refractivity contribution >= 4 is 17.5 Å². The zero-order valence-electron chi connectivity index (χ0n) is 17.6. The predicted octanol–water partition coefficient (Wildman–Crippen LogP) is 5.51. The molecule has 3 aromatic rings. The second kappa shape index (κ2) is 8.10. The molecule has 2 aromatic carbocycles. The van der Waals surface area contributed by atoms with Crippen LogP contribution in [0, 0.1) is 5.92 Å². The summed E-state index contributed by atoms with van der Waals surface area (Å²) in [6.07, 6.45) is -2.14. The maximum absolute atomic E-state index is 13.0. The molecule has 0 bridgehead atoms. The lowest BCUT2D eigenvalue weighted by molar-refractivity contribution is -0.137. The number of furan rings is 1. The van der Waals surface area contributed by atoms with E-state index in [0.717, 1.165) is 47.5 Å². The monoisotopic (exact) mass is 454 g/mol. The summed E-state index contributed by atoms with van der Waals surface area (Å²) in [6, 6.07) is 13.7. The fourth-order valence-corrected chi connectivity index (χ4v) is 3.97. The van der Waals surface area contributed by atoms with Gasteiger partial charge < -0.3 is 14.6 Å². The first kappa shape index (κ1) is 21.3. The third-order valence-corrected chi connectivity index (χ3v) is 5.98. The third kappa shape index (κ3) is 4.51. The van der Waals surface area contributed by atoms with Crippen LogP contribution in [0.25, 0.3) is 11.3 Å². The summed E-state index contributed by atoms with van der Waals surface area (Å²) in [6.45, 7) is 0.630. The van der Waals surface area contributed by atoms with E-state index in [2.05, 4.69) is 5.32 Å². The zero-order chi connectivity index (χ0) is 23.2. The molecule has 5 rings (SSSR count). The highest BCUT2D eigenvalue weighted by Gasteiger charge is 2.32. The van der Waals surface area contributed by atoms with Gasteiger partial charge in [0, 0.05) is 47.8 Å². The molecule has 2 amide bonds. The minimum atomic E-state index is -4.50. The number of nitrogens with one attached hydrogen (secondary N) is 1. The van der Waals surface area contributed by atoms with Crippen molar-refractivity contribution < 1.29 is 27.2 Å². The summed E-state index contributed by atoms with van der Waals surface area (Å²) in [4.78, 5) is 26.3. The van der Waals surface area contributed by atoms with Crippen LogP contribution in [0.5, 0.6) is 0 Å². The van der Waals surface area contributed by atoms with Crippen LogP contribution in [-0.4, -0.2) is 23.3 Å². The van der Waals surface area contributed by atoms with E-state index in [9.17, 15) is 22.8 Å². The van der Waals surface area contributed by atoms with Crippen LogP contribution < -0.4 is 5.32 Å². The minimum Gasteiger partial charge on any atom is -0.461 e. The van der Waals surface area contributed by atoms with Gasteiger partial charge in [0.05, 0.1) is 5.56 Å². The van der Waals surface area contributed by atoms with E-state index in [1.54, 1.807) is 0 Å². The zero-order valence-corrected chi connectivity index (χ0v) is 17.6. The first-order valence-corrected chi connectivity index (χ1v) is 10.8. The highest BCUT2D eigenvalue weighted by Crippen LogP contribution is 2.33. The molecule has 1 saturated carbocycles. The summed E-state index contributed by atoms with van der Waals surface area (Å²) in [7, 11) is 0. The molecule has 0 unspecified atom stereocenters. The minimum absolute atomic E-state index is 0.0147. The molecule has 1 fully saturated rings. The number of fused-ring (bicyclic) bond motifs is 1. The second-order valence-corrected chi connectivity index (χ2v) is 8.46. The van der Waals surface area contributed by atoms with Gasteiger partial charge in [0.2, 0.25) is 5.91 Å². The van der Waals surface area contributed by atoms with E-state index < -0.39 is 17.6 Å². The van der Waals surface area contributed by atoms with Gasteiger partial charge in [-0.05, 0) is 61.4 Å². The van der Waals surface area contributed by atoms with Crippen molar-refractivity contribution in [2.24, 2.45) is 5.92 Å². The molecule has 0 saturated heterocycles. The van der Waals surface area contributed by atoms with Crippen LogP contribution in [0.3, 0.4) is 0 Å². The van der Waals surface area contributed by atoms with E-state index in [4.69, 9.17) is 4.42 Å². The number of carbonyl (C=O) groups is 2. The average molecular weight is 454 g/mol. The number of nitrogens with zero attached hydrogens (tertiary/aromatic N) is 1. The van der Waals surface area contributed by atoms with E-state index in [-0.39, 0.29) is 23.9 Å². The summed E-state index contributed by atoms with van der Waals surface area (Å²) < 4.78 is 45.0. The molecule has 1 aliphatic heterocycles.